The molecule has 1 aromatic heterocycles. The van der Waals surface area contributed by atoms with Crippen molar-refractivity contribution in [3.63, 3.8) is 0 Å². The molecule has 0 N–H and O–H groups in total. The molecule has 162 valence electrons. The lowest BCUT2D eigenvalue weighted by Crippen LogP contribution is -2.14. The molecule has 29 heavy (non-hydrogen) atoms. The fraction of sp³-hybridized carbons (Fsp3) is 0.522. The Morgan fingerprint density at radius 1 is 1.03 bits per heavy atom. The molecule has 6 heteroatoms. The van der Waals surface area contributed by atoms with Gasteiger partial charge in [-0.15, -0.1) is 11.8 Å². The molecular formula is C23H36N2O2S2. The van der Waals surface area contributed by atoms with E-state index in [1.165, 1.54) is 10.5 Å². The molecule has 0 fully saturated rings. The minimum absolute atomic E-state index is 0.136. The number of benzene rings is 1. The summed E-state index contributed by atoms with van der Waals surface area (Å²) in [5, 5.41) is 0.136. The Labute approximate surface area is 182 Å². The topological polar surface area (TPSA) is 50.3 Å². The molecular weight excluding hydrogens is 400 g/mol. The second-order valence-electron chi connectivity index (χ2n) is 8.78. The van der Waals surface area contributed by atoms with Gasteiger partial charge < -0.3 is 4.90 Å². The van der Waals surface area contributed by atoms with Crippen molar-refractivity contribution < 1.29 is 8.42 Å². The summed E-state index contributed by atoms with van der Waals surface area (Å²) in [6.07, 6.45) is 2.77. The van der Waals surface area contributed by atoms with E-state index in [-0.39, 0.29) is 10.4 Å². The Bertz CT molecular complexity index is 836. The Kier molecular flexibility index (Phi) is 9.86. The van der Waals surface area contributed by atoms with Crippen molar-refractivity contribution in [2.75, 3.05) is 32.6 Å². The van der Waals surface area contributed by atoms with Gasteiger partial charge in [-0.3, -0.25) is 0 Å². The Morgan fingerprint density at radius 2 is 1.62 bits per heavy atom. The van der Waals surface area contributed by atoms with E-state index < -0.39 is 9.84 Å². The van der Waals surface area contributed by atoms with E-state index in [4.69, 9.17) is 0 Å². The van der Waals surface area contributed by atoms with Gasteiger partial charge in [-0.25, -0.2) is 13.4 Å². The fourth-order valence-corrected chi connectivity index (χ4v) is 3.93. The van der Waals surface area contributed by atoms with E-state index in [9.17, 15) is 8.42 Å². The van der Waals surface area contributed by atoms with E-state index in [0.717, 1.165) is 24.1 Å². The predicted octanol–water partition coefficient (Wildman–Crippen LogP) is 5.25. The minimum atomic E-state index is -3.16. The van der Waals surface area contributed by atoms with E-state index in [2.05, 4.69) is 69.0 Å². The third-order valence-electron chi connectivity index (χ3n) is 4.33. The summed E-state index contributed by atoms with van der Waals surface area (Å²) in [5.41, 5.74) is 2.71. The van der Waals surface area contributed by atoms with Gasteiger partial charge in [0.25, 0.3) is 0 Å². The van der Waals surface area contributed by atoms with Crippen LogP contribution in [0.5, 0.6) is 0 Å². The van der Waals surface area contributed by atoms with Gasteiger partial charge >= 0.3 is 0 Å². The molecule has 4 nitrogen and oxygen atoms in total. The third kappa shape index (κ3) is 9.79. The first-order chi connectivity index (χ1) is 13.3. The second kappa shape index (κ2) is 11.1. The Balaban J connectivity index is 0.000000296. The molecule has 0 amide bonds. The maximum absolute atomic E-state index is 11.1. The van der Waals surface area contributed by atoms with Gasteiger partial charge in [-0.1, -0.05) is 52.8 Å². The molecule has 2 rings (SSSR count). The molecule has 0 aliphatic heterocycles. The van der Waals surface area contributed by atoms with E-state index in [1.54, 1.807) is 18.3 Å². The van der Waals surface area contributed by atoms with Crippen molar-refractivity contribution in [2.24, 2.45) is 0 Å². The van der Waals surface area contributed by atoms with E-state index in [0.29, 0.717) is 5.92 Å². The van der Waals surface area contributed by atoms with Crippen LogP contribution in [0.25, 0.3) is 0 Å². The molecule has 0 bridgehead atoms. The van der Waals surface area contributed by atoms with Gasteiger partial charge in [0, 0.05) is 29.6 Å². The molecule has 0 aliphatic carbocycles. The molecule has 0 radical (unpaired) electrons. The number of sulfone groups is 1. The monoisotopic (exact) mass is 436 g/mol. The van der Waals surface area contributed by atoms with Crippen molar-refractivity contribution in [3.8, 4) is 0 Å². The van der Waals surface area contributed by atoms with Crippen LogP contribution in [0.2, 0.25) is 0 Å². The number of pyridine rings is 1. The van der Waals surface area contributed by atoms with Gasteiger partial charge in [0.15, 0.2) is 14.9 Å². The lowest BCUT2D eigenvalue weighted by Gasteiger charge is -2.19. The lowest BCUT2D eigenvalue weighted by atomic mass is 9.87. The zero-order valence-corrected chi connectivity index (χ0v) is 20.7. The summed E-state index contributed by atoms with van der Waals surface area (Å²) in [7, 11) is 1.07. The van der Waals surface area contributed by atoms with Crippen LogP contribution in [0, 0.1) is 0 Å². The second-order valence-corrected chi connectivity index (χ2v) is 11.9. The highest BCUT2D eigenvalue weighted by Crippen LogP contribution is 2.25. The summed E-state index contributed by atoms with van der Waals surface area (Å²) < 4.78 is 22.1. The van der Waals surface area contributed by atoms with Crippen LogP contribution >= 0.6 is 11.8 Å². The quantitative estimate of drug-likeness (QED) is 0.579. The van der Waals surface area contributed by atoms with Crippen LogP contribution in [-0.2, 0) is 15.3 Å². The third-order valence-corrected chi connectivity index (χ3v) is 6.33. The Hall–Kier alpha value is -1.37. The first-order valence-corrected chi connectivity index (χ1v) is 12.7. The largest absolute Gasteiger partial charge is 0.309 e. The van der Waals surface area contributed by atoms with Crippen LogP contribution < -0.4 is 0 Å². The molecule has 0 unspecified atom stereocenters. The van der Waals surface area contributed by atoms with Gasteiger partial charge in [0.1, 0.15) is 0 Å². The van der Waals surface area contributed by atoms with Crippen LogP contribution in [-0.4, -0.2) is 51.0 Å². The number of thioether (sulfide) groups is 1. The summed E-state index contributed by atoms with van der Waals surface area (Å²) >= 11 is 1.93. The predicted molar refractivity (Wildman–Crippen MR) is 126 cm³/mol. The molecule has 0 saturated heterocycles. The number of rotatable bonds is 6. The SMILES string of the molecule is CC(C)c1ccc(S(C)(=O)=O)nc1.CN(C)CCSc1ccc(C(C)(C)C)cc1. The summed E-state index contributed by atoms with van der Waals surface area (Å²) in [5.74, 6) is 1.53. The van der Waals surface area contributed by atoms with Crippen molar-refractivity contribution in [1.82, 2.24) is 9.88 Å². The number of nitrogens with zero attached hydrogens (tertiary/aromatic N) is 2. The first kappa shape index (κ1) is 25.7. The van der Waals surface area contributed by atoms with Gasteiger partial charge in [-0.05, 0) is 54.8 Å². The average Bonchev–Trinajstić information content (AvgIpc) is 2.61. The van der Waals surface area contributed by atoms with Gasteiger partial charge in [0.05, 0.1) is 0 Å². The number of hydrogen-bond donors (Lipinski definition) is 0. The summed E-state index contributed by atoms with van der Waals surface area (Å²) in [4.78, 5) is 7.47. The molecule has 0 saturated carbocycles. The number of hydrogen-bond acceptors (Lipinski definition) is 5. The first-order valence-electron chi connectivity index (χ1n) is 9.85. The molecule has 0 spiro atoms. The lowest BCUT2D eigenvalue weighted by molar-refractivity contribution is 0.437. The van der Waals surface area contributed by atoms with Gasteiger partial charge in [0.2, 0.25) is 0 Å². The Morgan fingerprint density at radius 3 is 2.00 bits per heavy atom. The van der Waals surface area contributed by atoms with Crippen molar-refractivity contribution >= 4 is 21.6 Å². The van der Waals surface area contributed by atoms with Crippen molar-refractivity contribution in [1.29, 1.82) is 0 Å². The van der Waals surface area contributed by atoms with Crippen LogP contribution in [0.1, 0.15) is 51.7 Å². The fourth-order valence-electron chi connectivity index (χ4n) is 2.35. The normalized spacial score (nSPS) is 12.1. The highest BCUT2D eigenvalue weighted by molar-refractivity contribution is 7.99. The van der Waals surface area contributed by atoms with Gasteiger partial charge in [-0.2, -0.15) is 0 Å². The molecule has 0 aliphatic rings. The average molecular weight is 437 g/mol. The van der Waals surface area contributed by atoms with Crippen LogP contribution in [0.4, 0.5) is 0 Å². The maximum Gasteiger partial charge on any atom is 0.192 e. The summed E-state index contributed by atoms with van der Waals surface area (Å²) in [6.45, 7) is 12.0. The van der Waals surface area contributed by atoms with Crippen LogP contribution in [0.3, 0.4) is 0 Å². The standard InChI is InChI=1S/C14H23NS.C9H13NO2S/c1-14(2,3)12-6-8-13(9-7-12)16-11-10-15(4)5;1-7(2)8-4-5-9(10-6-8)13(3,11)12/h6-9H,10-11H2,1-5H3;4-7H,1-3H3. The van der Waals surface area contributed by atoms with E-state index >= 15 is 0 Å². The maximum atomic E-state index is 11.1. The number of aromatic nitrogens is 1. The smallest absolute Gasteiger partial charge is 0.192 e. The molecule has 1 heterocycles. The molecule has 0 atom stereocenters. The van der Waals surface area contributed by atoms with Crippen molar-refractivity contribution in [2.45, 2.75) is 55.9 Å². The highest BCUT2D eigenvalue weighted by Gasteiger charge is 2.12. The van der Waals surface area contributed by atoms with Crippen LogP contribution in [0.15, 0.2) is 52.5 Å². The minimum Gasteiger partial charge on any atom is -0.309 e. The zero-order valence-electron chi connectivity index (χ0n) is 19.1. The van der Waals surface area contributed by atoms with E-state index in [1.807, 2.05) is 25.6 Å². The molecule has 2 aromatic rings. The summed E-state index contributed by atoms with van der Waals surface area (Å²) in [6, 6.07) is 12.3. The highest BCUT2D eigenvalue weighted by atomic mass is 32.2. The molecule has 1 aromatic carbocycles. The van der Waals surface area contributed by atoms with Crippen molar-refractivity contribution in [3.05, 3.63) is 53.7 Å². The zero-order chi connectivity index (χ0) is 22.2.